The van der Waals surface area contributed by atoms with E-state index in [2.05, 4.69) is 27.2 Å². The van der Waals surface area contributed by atoms with Crippen molar-refractivity contribution >= 4 is 17.5 Å². The fourth-order valence-corrected chi connectivity index (χ4v) is 2.44. The summed E-state index contributed by atoms with van der Waals surface area (Å²) in [6.45, 7) is 2.08. The number of carbonyl (C=O) groups excluding carboxylic acids is 1. The molecule has 0 aliphatic rings. The monoisotopic (exact) mass is 324 g/mol. The van der Waals surface area contributed by atoms with Crippen LogP contribution in [0.15, 0.2) is 43.0 Å². The van der Waals surface area contributed by atoms with Crippen molar-refractivity contribution < 1.29 is 4.79 Å². The van der Waals surface area contributed by atoms with Crippen LogP contribution in [0.1, 0.15) is 35.4 Å². The van der Waals surface area contributed by atoms with E-state index in [1.54, 1.807) is 32.6 Å². The maximum absolute atomic E-state index is 11.9. The average molecular weight is 324 g/mol. The zero-order valence-corrected chi connectivity index (χ0v) is 14.0. The number of pyridine rings is 1. The Hall–Kier alpha value is -2.96. The van der Waals surface area contributed by atoms with Crippen molar-refractivity contribution in [2.45, 2.75) is 19.4 Å². The van der Waals surface area contributed by atoms with Gasteiger partial charge in [0.15, 0.2) is 0 Å². The van der Waals surface area contributed by atoms with Crippen LogP contribution in [0, 0.1) is 0 Å². The quantitative estimate of drug-likeness (QED) is 0.780. The molecule has 0 aliphatic heterocycles. The maximum atomic E-state index is 11.9. The van der Waals surface area contributed by atoms with Crippen molar-refractivity contribution in [3.05, 3.63) is 54.2 Å². The lowest BCUT2D eigenvalue weighted by atomic mass is 10.1. The lowest BCUT2D eigenvalue weighted by molar-refractivity contribution is 0.0827. The third-order valence-corrected chi connectivity index (χ3v) is 3.76. The number of nitrogens with zero attached hydrogens (tertiary/aromatic N) is 5. The van der Waals surface area contributed by atoms with Crippen molar-refractivity contribution in [1.82, 2.24) is 24.3 Å². The molecule has 7 nitrogen and oxygen atoms in total. The molecule has 0 saturated carbocycles. The number of anilines is 1. The van der Waals surface area contributed by atoms with Crippen molar-refractivity contribution in [2.24, 2.45) is 0 Å². The zero-order chi connectivity index (χ0) is 17.1. The predicted molar refractivity (Wildman–Crippen MR) is 91.9 cm³/mol. The largest absolute Gasteiger partial charge is 0.362 e. The van der Waals surface area contributed by atoms with E-state index < -0.39 is 0 Å². The summed E-state index contributed by atoms with van der Waals surface area (Å²) in [4.78, 5) is 26.6. The highest BCUT2D eigenvalue weighted by Gasteiger charge is 2.15. The van der Waals surface area contributed by atoms with Gasteiger partial charge in [0, 0.05) is 38.9 Å². The number of imidazole rings is 1. The van der Waals surface area contributed by atoms with Crippen molar-refractivity contribution in [3.8, 4) is 0 Å². The lowest BCUT2D eigenvalue weighted by Gasteiger charge is -2.16. The second kappa shape index (κ2) is 6.66. The molecule has 3 aromatic heterocycles. The Morgan fingerprint density at radius 1 is 1.33 bits per heavy atom. The van der Waals surface area contributed by atoms with E-state index in [4.69, 9.17) is 0 Å². The molecule has 3 aromatic rings. The number of hydrogen-bond donors (Lipinski definition) is 1. The first-order valence-corrected chi connectivity index (χ1v) is 7.82. The van der Waals surface area contributed by atoms with Crippen LogP contribution in [-0.2, 0) is 0 Å². The Bertz CT molecular complexity index is 807. The molecule has 3 heterocycles. The van der Waals surface area contributed by atoms with Crippen LogP contribution < -0.4 is 5.32 Å². The summed E-state index contributed by atoms with van der Waals surface area (Å²) in [6.07, 6.45) is 8.05. The minimum atomic E-state index is -0.0625. The van der Waals surface area contributed by atoms with E-state index in [0.29, 0.717) is 17.2 Å². The lowest BCUT2D eigenvalue weighted by Crippen LogP contribution is -2.21. The van der Waals surface area contributed by atoms with Gasteiger partial charge in [-0.1, -0.05) is 6.92 Å². The summed E-state index contributed by atoms with van der Waals surface area (Å²) in [6, 6.07) is 5.48. The molecule has 1 unspecified atom stereocenters. The molecule has 0 saturated heterocycles. The van der Waals surface area contributed by atoms with Crippen molar-refractivity contribution in [3.63, 3.8) is 0 Å². The smallest absolute Gasteiger partial charge is 0.254 e. The van der Waals surface area contributed by atoms with E-state index in [0.717, 1.165) is 12.1 Å². The molecule has 0 aromatic carbocycles. The minimum Gasteiger partial charge on any atom is -0.362 e. The highest BCUT2D eigenvalue weighted by Crippen LogP contribution is 2.21. The Balaban J connectivity index is 1.79. The molecule has 0 aliphatic carbocycles. The molecule has 0 radical (unpaired) electrons. The highest BCUT2D eigenvalue weighted by atomic mass is 16.2. The van der Waals surface area contributed by atoms with E-state index in [9.17, 15) is 4.79 Å². The van der Waals surface area contributed by atoms with Crippen LogP contribution in [-0.4, -0.2) is 44.3 Å². The molecule has 124 valence electrons. The molecule has 0 fully saturated rings. The highest BCUT2D eigenvalue weighted by molar-refractivity contribution is 5.93. The summed E-state index contributed by atoms with van der Waals surface area (Å²) in [5, 5.41) is 3.36. The van der Waals surface area contributed by atoms with Gasteiger partial charge in [0.1, 0.15) is 5.82 Å². The molecular weight excluding hydrogens is 304 g/mol. The van der Waals surface area contributed by atoms with Gasteiger partial charge in [0.25, 0.3) is 5.91 Å². The SMILES string of the molecule is CCC(Nc1ccc(C(=O)N(C)C)cn1)c1cn2cccnc2n1. The number of nitrogens with one attached hydrogen (secondary N) is 1. The van der Waals surface area contributed by atoms with Crippen LogP contribution in [0.3, 0.4) is 0 Å². The van der Waals surface area contributed by atoms with Crippen LogP contribution in [0.5, 0.6) is 0 Å². The number of fused-ring (bicyclic) bond motifs is 1. The molecule has 24 heavy (non-hydrogen) atoms. The summed E-state index contributed by atoms with van der Waals surface area (Å²) < 4.78 is 1.89. The molecule has 0 spiro atoms. The Kier molecular flexibility index (Phi) is 4.41. The Labute approximate surface area is 140 Å². The summed E-state index contributed by atoms with van der Waals surface area (Å²) in [5.41, 5.74) is 1.47. The fourth-order valence-electron chi connectivity index (χ4n) is 2.44. The second-order valence-corrected chi connectivity index (χ2v) is 5.73. The molecule has 1 amide bonds. The summed E-state index contributed by atoms with van der Waals surface area (Å²) in [5.74, 6) is 1.32. The van der Waals surface area contributed by atoms with Crippen molar-refractivity contribution in [2.75, 3.05) is 19.4 Å². The molecule has 1 atom stereocenters. The van der Waals surface area contributed by atoms with Gasteiger partial charge in [0.05, 0.1) is 17.3 Å². The standard InChI is InChI=1S/C17H20N6O/c1-4-13(14-11-23-9-5-8-18-17(23)21-14)20-15-7-6-12(10-19-15)16(24)22(2)3/h5-11,13H,4H2,1-3H3,(H,19,20). The van der Waals surface area contributed by atoms with E-state index in [1.807, 2.05) is 28.9 Å². The van der Waals surface area contributed by atoms with Crippen LogP contribution in [0.25, 0.3) is 5.78 Å². The van der Waals surface area contributed by atoms with E-state index in [1.165, 1.54) is 4.90 Å². The van der Waals surface area contributed by atoms with Gasteiger partial charge in [0.2, 0.25) is 5.78 Å². The number of rotatable bonds is 5. The molecule has 0 bridgehead atoms. The van der Waals surface area contributed by atoms with Gasteiger partial charge >= 0.3 is 0 Å². The van der Waals surface area contributed by atoms with Crippen LogP contribution in [0.4, 0.5) is 5.82 Å². The fraction of sp³-hybridized carbons (Fsp3) is 0.294. The second-order valence-electron chi connectivity index (χ2n) is 5.73. The number of aromatic nitrogens is 4. The Morgan fingerprint density at radius 2 is 2.17 bits per heavy atom. The first kappa shape index (κ1) is 15.9. The van der Waals surface area contributed by atoms with Gasteiger partial charge in [-0.25, -0.2) is 15.0 Å². The Morgan fingerprint density at radius 3 is 2.79 bits per heavy atom. The summed E-state index contributed by atoms with van der Waals surface area (Å²) >= 11 is 0. The number of carbonyl (C=O) groups is 1. The number of hydrogen-bond acceptors (Lipinski definition) is 5. The zero-order valence-electron chi connectivity index (χ0n) is 14.0. The molecule has 1 N–H and O–H groups in total. The normalized spacial score (nSPS) is 12.1. The maximum Gasteiger partial charge on any atom is 0.254 e. The molecule has 3 rings (SSSR count). The topological polar surface area (TPSA) is 75.4 Å². The van der Waals surface area contributed by atoms with Gasteiger partial charge in [-0.3, -0.25) is 9.20 Å². The third-order valence-electron chi connectivity index (χ3n) is 3.76. The van der Waals surface area contributed by atoms with Crippen LogP contribution >= 0.6 is 0 Å². The summed E-state index contributed by atoms with van der Waals surface area (Å²) in [7, 11) is 3.44. The first-order chi connectivity index (χ1) is 11.6. The van der Waals surface area contributed by atoms with Gasteiger partial charge in [-0.15, -0.1) is 0 Å². The van der Waals surface area contributed by atoms with Gasteiger partial charge in [-0.2, -0.15) is 0 Å². The number of amides is 1. The van der Waals surface area contributed by atoms with E-state index in [-0.39, 0.29) is 11.9 Å². The predicted octanol–water partition coefficient (Wildman–Crippen LogP) is 2.39. The van der Waals surface area contributed by atoms with Gasteiger partial charge < -0.3 is 10.2 Å². The van der Waals surface area contributed by atoms with E-state index >= 15 is 0 Å². The van der Waals surface area contributed by atoms with Crippen molar-refractivity contribution in [1.29, 1.82) is 0 Å². The third kappa shape index (κ3) is 3.19. The van der Waals surface area contributed by atoms with Crippen LogP contribution in [0.2, 0.25) is 0 Å². The first-order valence-electron chi connectivity index (χ1n) is 7.82. The van der Waals surface area contributed by atoms with Gasteiger partial charge in [-0.05, 0) is 24.6 Å². The average Bonchev–Trinajstić information content (AvgIpc) is 3.03. The molecular formula is C17H20N6O. The minimum absolute atomic E-state index is 0.0228. The molecule has 7 heteroatoms.